The lowest BCUT2D eigenvalue weighted by Gasteiger charge is -2.42. The van der Waals surface area contributed by atoms with Gasteiger partial charge in [0.2, 0.25) is 11.8 Å². The average Bonchev–Trinajstić information content (AvgIpc) is 3.40. The van der Waals surface area contributed by atoms with Gasteiger partial charge in [0.1, 0.15) is 28.7 Å². The number of benzene rings is 3. The van der Waals surface area contributed by atoms with Crippen LogP contribution in [0, 0.1) is 17.8 Å². The van der Waals surface area contributed by atoms with Crippen LogP contribution in [0.1, 0.15) is 42.4 Å². The Labute approximate surface area is 295 Å². The molecule has 10 heteroatoms. The molecule has 0 saturated carbocycles. The number of methoxy groups -OCH3 is 4. The van der Waals surface area contributed by atoms with Crippen molar-refractivity contribution in [3.63, 3.8) is 0 Å². The number of imide groups is 1. The summed E-state index contributed by atoms with van der Waals surface area (Å²) in [7, 11) is 6.11. The Morgan fingerprint density at radius 1 is 0.784 bits per heavy atom. The fourth-order valence-corrected chi connectivity index (χ4v) is 8.00. The maximum absolute atomic E-state index is 14.4. The molecule has 2 amide bonds. The zero-order chi connectivity index (χ0) is 36.1. The maximum Gasteiger partial charge on any atom is 0.238 e. The van der Waals surface area contributed by atoms with E-state index in [0.717, 1.165) is 11.1 Å². The molecule has 7 rings (SSSR count). The Bertz CT molecular complexity index is 2120. The summed E-state index contributed by atoms with van der Waals surface area (Å²) < 4.78 is 21.9. The molecule has 0 spiro atoms. The highest BCUT2D eigenvalue weighted by Crippen LogP contribution is 2.58. The molecule has 1 N–H and O–H groups in total. The number of phenolic OH excluding ortho intramolecular Hbond substituents is 1. The Balaban J connectivity index is 1.24. The molecule has 4 unspecified atom stereocenters. The number of fused-ring (bicyclic) bond motifs is 3. The van der Waals surface area contributed by atoms with Crippen LogP contribution in [0.4, 0.5) is 5.69 Å². The second kappa shape index (κ2) is 13.1. The highest BCUT2D eigenvalue weighted by molar-refractivity contribution is 6.25. The van der Waals surface area contributed by atoms with Crippen molar-refractivity contribution in [2.45, 2.75) is 25.7 Å². The van der Waals surface area contributed by atoms with Crippen LogP contribution in [0.25, 0.3) is 12.2 Å². The molecule has 4 aliphatic rings. The van der Waals surface area contributed by atoms with Crippen LogP contribution in [0.5, 0.6) is 28.7 Å². The van der Waals surface area contributed by atoms with Crippen LogP contribution in [0.3, 0.4) is 0 Å². The molecule has 3 aromatic rings. The third-order valence-electron chi connectivity index (χ3n) is 10.4. The number of rotatable bonds is 8. The van der Waals surface area contributed by atoms with Gasteiger partial charge >= 0.3 is 0 Å². The molecule has 0 bridgehead atoms. The van der Waals surface area contributed by atoms with E-state index in [9.17, 15) is 24.3 Å². The Hall–Kier alpha value is -5.90. The molecule has 1 heterocycles. The number of ether oxygens (including phenoxy) is 4. The summed E-state index contributed by atoms with van der Waals surface area (Å²) in [5, 5.41) is 11.4. The topological polar surface area (TPSA) is 129 Å². The number of hydrogen-bond donors (Lipinski definition) is 1. The van der Waals surface area contributed by atoms with Gasteiger partial charge in [-0.05, 0) is 67.7 Å². The number of hydrogen-bond acceptors (Lipinski definition) is 9. The number of amides is 2. The van der Waals surface area contributed by atoms with Gasteiger partial charge in [0.05, 0.1) is 46.0 Å². The Kier molecular flexibility index (Phi) is 8.62. The first-order valence-electron chi connectivity index (χ1n) is 16.6. The number of carbonyl (C=O) groups excluding carboxylic acids is 4. The summed E-state index contributed by atoms with van der Waals surface area (Å²) in [6.45, 7) is 1.59. The molecule has 260 valence electrons. The van der Waals surface area contributed by atoms with Gasteiger partial charge in [0.25, 0.3) is 0 Å². The number of carbonyl (C=O) groups is 4. The summed E-state index contributed by atoms with van der Waals surface area (Å²) in [6, 6.07) is 15.7. The minimum atomic E-state index is -0.869. The summed E-state index contributed by atoms with van der Waals surface area (Å²) >= 11 is 0. The SMILES string of the molecule is COc1ccc(OC)c(C=Cc2ccc(N3C(=O)C4CC=C5C(c6c(O)cc(OC)cc6OC)C6=C(CC5C4C3=O)C(=O)C=C(C)C6=O)cc2)c1. The summed E-state index contributed by atoms with van der Waals surface area (Å²) in [4.78, 5) is 56.9. The smallest absolute Gasteiger partial charge is 0.238 e. The van der Waals surface area contributed by atoms with Crippen LogP contribution in [0.15, 0.2) is 89.0 Å². The van der Waals surface area contributed by atoms with E-state index in [2.05, 4.69) is 0 Å². The predicted molar refractivity (Wildman–Crippen MR) is 190 cm³/mol. The lowest BCUT2D eigenvalue weighted by molar-refractivity contribution is -0.123. The second-order valence-corrected chi connectivity index (χ2v) is 13.0. The molecule has 0 aromatic heterocycles. The quantitative estimate of drug-likeness (QED) is 0.127. The average molecular weight is 688 g/mol. The van der Waals surface area contributed by atoms with E-state index < -0.39 is 23.7 Å². The van der Waals surface area contributed by atoms with E-state index in [1.807, 2.05) is 48.6 Å². The van der Waals surface area contributed by atoms with Crippen LogP contribution < -0.4 is 23.8 Å². The van der Waals surface area contributed by atoms with E-state index in [1.54, 1.807) is 39.3 Å². The van der Waals surface area contributed by atoms with Gasteiger partial charge < -0.3 is 24.1 Å². The Morgan fingerprint density at radius 2 is 1.51 bits per heavy atom. The molecule has 1 saturated heterocycles. The number of phenols is 1. The highest BCUT2D eigenvalue weighted by Gasteiger charge is 2.57. The third kappa shape index (κ3) is 5.51. The van der Waals surface area contributed by atoms with E-state index >= 15 is 0 Å². The van der Waals surface area contributed by atoms with Crippen molar-refractivity contribution in [2.75, 3.05) is 33.3 Å². The first-order valence-corrected chi connectivity index (χ1v) is 16.6. The number of allylic oxidation sites excluding steroid dienone is 6. The normalized spacial score (nSPS) is 22.7. The van der Waals surface area contributed by atoms with Crippen molar-refractivity contribution in [3.05, 3.63) is 106 Å². The zero-order valence-corrected chi connectivity index (χ0v) is 28.9. The van der Waals surface area contributed by atoms with Gasteiger partial charge in [-0.25, -0.2) is 0 Å². The van der Waals surface area contributed by atoms with Gasteiger partial charge in [-0.1, -0.05) is 35.9 Å². The first-order chi connectivity index (χ1) is 24.6. The van der Waals surface area contributed by atoms with Crippen LogP contribution in [-0.4, -0.2) is 56.9 Å². The van der Waals surface area contributed by atoms with Crippen LogP contribution in [0.2, 0.25) is 0 Å². The monoisotopic (exact) mass is 687 g/mol. The van der Waals surface area contributed by atoms with E-state index in [4.69, 9.17) is 18.9 Å². The van der Waals surface area contributed by atoms with Gasteiger partial charge in [-0.3, -0.25) is 24.1 Å². The minimum Gasteiger partial charge on any atom is -0.507 e. The molecular formula is C41H37NO9. The summed E-state index contributed by atoms with van der Waals surface area (Å²) in [5.74, 6) is -2.31. The molecule has 4 atom stereocenters. The highest BCUT2D eigenvalue weighted by atomic mass is 16.5. The lowest BCUT2D eigenvalue weighted by atomic mass is 9.59. The van der Waals surface area contributed by atoms with Gasteiger partial charge in [0.15, 0.2) is 11.6 Å². The Morgan fingerprint density at radius 3 is 2.20 bits per heavy atom. The van der Waals surface area contributed by atoms with Crippen molar-refractivity contribution in [3.8, 4) is 28.7 Å². The number of anilines is 1. The maximum atomic E-state index is 14.4. The van der Waals surface area contributed by atoms with Crippen molar-refractivity contribution in [1.82, 2.24) is 0 Å². The van der Waals surface area contributed by atoms with Gasteiger partial charge in [0, 0.05) is 45.9 Å². The molecule has 1 fully saturated rings. The molecule has 1 aliphatic heterocycles. The minimum absolute atomic E-state index is 0.122. The van der Waals surface area contributed by atoms with Crippen molar-refractivity contribution in [2.24, 2.45) is 17.8 Å². The van der Waals surface area contributed by atoms with Crippen LogP contribution >= 0.6 is 0 Å². The molecule has 3 aromatic carbocycles. The van der Waals surface area contributed by atoms with E-state index in [-0.39, 0.29) is 58.9 Å². The van der Waals surface area contributed by atoms with Crippen molar-refractivity contribution >= 4 is 41.2 Å². The number of aromatic hydroxyl groups is 1. The number of nitrogens with zero attached hydrogens (tertiary/aromatic N) is 1. The summed E-state index contributed by atoms with van der Waals surface area (Å²) in [5.41, 5.74) is 3.98. The second-order valence-electron chi connectivity index (χ2n) is 13.0. The fraction of sp³-hybridized carbons (Fsp3) is 0.268. The molecule has 10 nitrogen and oxygen atoms in total. The predicted octanol–water partition coefficient (Wildman–Crippen LogP) is 6.23. The summed E-state index contributed by atoms with van der Waals surface area (Å²) in [6.07, 6.45) is 7.42. The fourth-order valence-electron chi connectivity index (χ4n) is 8.00. The van der Waals surface area contributed by atoms with Gasteiger partial charge in [-0.2, -0.15) is 0 Å². The van der Waals surface area contributed by atoms with Crippen molar-refractivity contribution in [1.29, 1.82) is 0 Å². The number of Topliss-reactive ketones (excluding diaryl/α,β-unsaturated/α-hetero) is 1. The molecule has 0 radical (unpaired) electrons. The largest absolute Gasteiger partial charge is 0.507 e. The van der Waals surface area contributed by atoms with Crippen LogP contribution in [-0.2, 0) is 19.2 Å². The molecular weight excluding hydrogens is 650 g/mol. The first kappa shape index (κ1) is 33.6. The zero-order valence-electron chi connectivity index (χ0n) is 28.9. The standard InChI is InChI=1S/C41H37NO9/c1-21-16-31(43)30-20-29-27(36(37(30)39(21)45)38-32(44)18-26(49-3)19-34(38)51-5)13-14-28-35(29)41(47)42(40(28)46)24-10-7-22(8-11-24)6-9-23-17-25(48-2)12-15-33(23)50-4/h6-13,15-19,28-29,35-36,44H,14,20H2,1-5H3. The molecule has 51 heavy (non-hydrogen) atoms. The molecule has 3 aliphatic carbocycles. The third-order valence-corrected chi connectivity index (χ3v) is 10.4. The van der Waals surface area contributed by atoms with Crippen molar-refractivity contribution < 1.29 is 43.2 Å². The van der Waals surface area contributed by atoms with E-state index in [1.165, 1.54) is 31.3 Å². The number of ketones is 2. The van der Waals surface area contributed by atoms with E-state index in [0.29, 0.717) is 39.6 Å². The van der Waals surface area contributed by atoms with Gasteiger partial charge in [-0.15, -0.1) is 0 Å². The lowest BCUT2D eigenvalue weighted by Crippen LogP contribution is -2.40.